The van der Waals surface area contributed by atoms with Crippen molar-refractivity contribution in [2.45, 2.75) is 46.0 Å². The molecule has 2 aliphatic carbocycles. The Labute approximate surface area is 161 Å². The lowest BCUT2D eigenvalue weighted by Crippen LogP contribution is -2.22. The monoisotopic (exact) mass is 364 g/mol. The van der Waals surface area contributed by atoms with Gasteiger partial charge >= 0.3 is 0 Å². The van der Waals surface area contributed by atoms with E-state index in [2.05, 4.69) is 42.6 Å². The van der Waals surface area contributed by atoms with E-state index in [1.165, 1.54) is 19.3 Å². The highest BCUT2D eigenvalue weighted by Gasteiger charge is 2.64. The Bertz CT molecular complexity index is 876. The molecule has 0 saturated heterocycles. The smallest absolute Gasteiger partial charge is 0.244 e. The zero-order valence-electron chi connectivity index (χ0n) is 16.2. The summed E-state index contributed by atoms with van der Waals surface area (Å²) in [6, 6.07) is 12.2. The van der Waals surface area contributed by atoms with Crippen LogP contribution in [0.5, 0.6) is 5.75 Å². The molecule has 2 saturated carbocycles. The first kappa shape index (κ1) is 18.0. The number of hydrogen-bond acceptors (Lipinski definition) is 3. The van der Waals surface area contributed by atoms with Crippen LogP contribution in [0, 0.1) is 17.3 Å². The molecule has 3 atom stereocenters. The molecule has 4 nitrogen and oxygen atoms in total. The van der Waals surface area contributed by atoms with E-state index in [1.54, 1.807) is 6.21 Å². The van der Waals surface area contributed by atoms with Gasteiger partial charge in [0.15, 0.2) is 0 Å². The van der Waals surface area contributed by atoms with Crippen LogP contribution in [0.3, 0.4) is 0 Å². The molecular weight excluding hydrogens is 336 g/mol. The third kappa shape index (κ3) is 3.33. The second-order valence-electron chi connectivity index (χ2n) is 8.12. The van der Waals surface area contributed by atoms with E-state index < -0.39 is 0 Å². The minimum Gasteiger partial charge on any atom is -0.493 e. The van der Waals surface area contributed by atoms with Crippen LogP contribution < -0.4 is 10.2 Å². The lowest BCUT2D eigenvalue weighted by molar-refractivity contribution is -0.123. The number of rotatable bonds is 6. The fourth-order valence-corrected chi connectivity index (χ4v) is 4.83. The Morgan fingerprint density at radius 2 is 2.15 bits per heavy atom. The topological polar surface area (TPSA) is 50.7 Å². The van der Waals surface area contributed by atoms with Crippen molar-refractivity contribution in [3.8, 4) is 5.75 Å². The minimum atomic E-state index is 0.0666. The first-order valence-electron chi connectivity index (χ1n) is 10.1. The fourth-order valence-electron chi connectivity index (χ4n) is 4.83. The Morgan fingerprint density at radius 3 is 2.93 bits per heavy atom. The van der Waals surface area contributed by atoms with Crippen molar-refractivity contribution in [3.05, 3.63) is 42.0 Å². The van der Waals surface area contributed by atoms with E-state index in [4.69, 9.17) is 4.74 Å². The van der Waals surface area contributed by atoms with Gasteiger partial charge < -0.3 is 4.74 Å². The van der Waals surface area contributed by atoms with Crippen LogP contribution in [0.2, 0.25) is 0 Å². The maximum absolute atomic E-state index is 12.6. The number of carbonyl (C=O) groups excluding carboxylic acids is 1. The zero-order chi connectivity index (χ0) is 18.9. The van der Waals surface area contributed by atoms with Gasteiger partial charge in [-0.2, -0.15) is 5.10 Å². The molecule has 0 radical (unpaired) electrons. The van der Waals surface area contributed by atoms with Crippen molar-refractivity contribution in [2.75, 3.05) is 6.61 Å². The summed E-state index contributed by atoms with van der Waals surface area (Å²) in [6.07, 6.45) is 7.52. The molecule has 0 aliphatic heterocycles. The molecule has 27 heavy (non-hydrogen) atoms. The molecular formula is C23H28N2O2. The van der Waals surface area contributed by atoms with Crippen LogP contribution in [-0.2, 0) is 4.79 Å². The van der Waals surface area contributed by atoms with Crippen molar-refractivity contribution in [1.82, 2.24) is 5.43 Å². The van der Waals surface area contributed by atoms with Gasteiger partial charge in [0, 0.05) is 11.5 Å². The molecule has 4 heteroatoms. The number of hydrogen-bond donors (Lipinski definition) is 1. The van der Waals surface area contributed by atoms with Gasteiger partial charge in [-0.1, -0.05) is 57.0 Å². The SMILES string of the molecule is CCCOc1ccc2ccccc2c1/C=N\NC(=O)[C@@H]1[C@@H]2CCCC[C@]12C. The summed E-state index contributed by atoms with van der Waals surface area (Å²) in [6.45, 7) is 5.00. The molecule has 2 aromatic rings. The summed E-state index contributed by atoms with van der Waals surface area (Å²) >= 11 is 0. The second-order valence-corrected chi connectivity index (χ2v) is 8.12. The average Bonchev–Trinajstić information content (AvgIpc) is 3.32. The van der Waals surface area contributed by atoms with E-state index in [1.807, 2.05) is 18.2 Å². The summed E-state index contributed by atoms with van der Waals surface area (Å²) in [5.74, 6) is 1.54. The fraction of sp³-hybridized carbons (Fsp3) is 0.478. The van der Waals surface area contributed by atoms with Gasteiger partial charge in [-0.05, 0) is 47.4 Å². The zero-order valence-corrected chi connectivity index (χ0v) is 16.2. The molecule has 4 rings (SSSR count). The van der Waals surface area contributed by atoms with E-state index in [0.29, 0.717) is 12.5 Å². The molecule has 0 aromatic heterocycles. The van der Waals surface area contributed by atoms with Gasteiger partial charge in [0.2, 0.25) is 5.91 Å². The number of amides is 1. The highest BCUT2D eigenvalue weighted by Crippen LogP contribution is 2.66. The van der Waals surface area contributed by atoms with Crippen molar-refractivity contribution in [3.63, 3.8) is 0 Å². The largest absolute Gasteiger partial charge is 0.493 e. The third-order valence-corrected chi connectivity index (χ3v) is 6.37. The van der Waals surface area contributed by atoms with Crippen LogP contribution >= 0.6 is 0 Å². The molecule has 142 valence electrons. The van der Waals surface area contributed by atoms with E-state index >= 15 is 0 Å². The summed E-state index contributed by atoms with van der Waals surface area (Å²) < 4.78 is 5.90. The number of nitrogens with one attached hydrogen (secondary N) is 1. The maximum atomic E-state index is 12.6. The highest BCUT2D eigenvalue weighted by atomic mass is 16.5. The first-order chi connectivity index (χ1) is 13.1. The number of nitrogens with zero attached hydrogens (tertiary/aromatic N) is 1. The molecule has 1 amide bonds. The molecule has 0 unspecified atom stereocenters. The van der Waals surface area contributed by atoms with Crippen molar-refractivity contribution in [2.24, 2.45) is 22.4 Å². The molecule has 2 aromatic carbocycles. The molecule has 0 spiro atoms. The van der Waals surface area contributed by atoms with E-state index in [0.717, 1.165) is 34.9 Å². The highest BCUT2D eigenvalue weighted by molar-refractivity contribution is 6.02. The van der Waals surface area contributed by atoms with Crippen LogP contribution in [0.1, 0.15) is 51.5 Å². The first-order valence-corrected chi connectivity index (χ1v) is 10.1. The van der Waals surface area contributed by atoms with Crippen LogP contribution in [0.4, 0.5) is 0 Å². The lowest BCUT2D eigenvalue weighted by Gasteiger charge is -2.15. The van der Waals surface area contributed by atoms with Gasteiger partial charge in [0.25, 0.3) is 0 Å². The lowest BCUT2D eigenvalue weighted by atomic mass is 9.90. The van der Waals surface area contributed by atoms with Gasteiger partial charge in [0.05, 0.1) is 12.8 Å². The molecule has 0 bridgehead atoms. The Balaban J connectivity index is 1.53. The summed E-state index contributed by atoms with van der Waals surface area (Å²) in [5.41, 5.74) is 3.92. The predicted molar refractivity (Wildman–Crippen MR) is 109 cm³/mol. The van der Waals surface area contributed by atoms with Gasteiger partial charge in [-0.15, -0.1) is 0 Å². The predicted octanol–water partition coefficient (Wildman–Crippen LogP) is 4.91. The number of benzene rings is 2. The maximum Gasteiger partial charge on any atom is 0.244 e. The van der Waals surface area contributed by atoms with Crippen molar-refractivity contribution in [1.29, 1.82) is 0 Å². The number of hydrazone groups is 1. The standard InChI is InChI=1S/C23H28N2O2/c1-3-14-27-20-12-11-16-8-4-5-9-17(16)18(20)15-24-25-22(26)21-19-10-6-7-13-23(19,21)2/h4-5,8-9,11-12,15,19,21H,3,6-7,10,13-14H2,1-2H3,(H,25,26)/b24-15-/t19-,21-,23-/m0/s1. The summed E-state index contributed by atoms with van der Waals surface area (Å²) in [7, 11) is 0. The molecule has 2 fully saturated rings. The molecule has 0 heterocycles. The van der Waals surface area contributed by atoms with Crippen molar-refractivity contribution >= 4 is 22.9 Å². The van der Waals surface area contributed by atoms with Gasteiger partial charge in [-0.3, -0.25) is 4.79 Å². The normalized spacial score (nSPS) is 26.7. The van der Waals surface area contributed by atoms with Gasteiger partial charge in [0.1, 0.15) is 5.75 Å². The Morgan fingerprint density at radius 1 is 1.30 bits per heavy atom. The second kappa shape index (κ2) is 7.34. The number of ether oxygens (including phenoxy) is 1. The number of carbonyl (C=O) groups is 1. The quantitative estimate of drug-likeness (QED) is 0.585. The van der Waals surface area contributed by atoms with E-state index in [9.17, 15) is 4.79 Å². The van der Waals surface area contributed by atoms with E-state index in [-0.39, 0.29) is 17.2 Å². The summed E-state index contributed by atoms with van der Waals surface area (Å²) in [5, 5.41) is 6.52. The van der Waals surface area contributed by atoms with Crippen molar-refractivity contribution < 1.29 is 9.53 Å². The summed E-state index contributed by atoms with van der Waals surface area (Å²) in [4.78, 5) is 12.6. The van der Waals surface area contributed by atoms with Crippen LogP contribution in [-0.4, -0.2) is 18.7 Å². The molecule has 2 aliphatic rings. The minimum absolute atomic E-state index is 0.0666. The Kier molecular flexibility index (Phi) is 4.90. The molecule has 1 N–H and O–H groups in total. The van der Waals surface area contributed by atoms with Gasteiger partial charge in [-0.25, -0.2) is 5.43 Å². The number of fused-ring (bicyclic) bond motifs is 2. The third-order valence-electron chi connectivity index (χ3n) is 6.37. The average molecular weight is 364 g/mol. The Hall–Kier alpha value is -2.36. The van der Waals surface area contributed by atoms with Crippen LogP contribution in [0.15, 0.2) is 41.5 Å². The van der Waals surface area contributed by atoms with Crippen LogP contribution in [0.25, 0.3) is 10.8 Å².